The van der Waals surface area contributed by atoms with Crippen molar-refractivity contribution in [1.82, 2.24) is 10.2 Å². The van der Waals surface area contributed by atoms with Crippen LogP contribution >= 0.6 is 0 Å². The third-order valence-electron chi connectivity index (χ3n) is 7.21. The van der Waals surface area contributed by atoms with Crippen LogP contribution < -0.4 is 5.32 Å². The number of nitrogens with one attached hydrogen (secondary N) is 1. The second kappa shape index (κ2) is 9.54. The van der Waals surface area contributed by atoms with E-state index in [4.69, 9.17) is 9.47 Å². The summed E-state index contributed by atoms with van der Waals surface area (Å²) in [7, 11) is 1.52. The number of benzene rings is 2. The first-order valence-electron chi connectivity index (χ1n) is 11.8. The number of hydrogen-bond acceptors (Lipinski definition) is 5. The monoisotopic (exact) mass is 476 g/mol. The summed E-state index contributed by atoms with van der Waals surface area (Å²) >= 11 is 0. The highest BCUT2D eigenvalue weighted by molar-refractivity contribution is 5.87. The molecule has 2 aromatic carbocycles. The van der Waals surface area contributed by atoms with E-state index in [1.165, 1.54) is 12.0 Å². The van der Waals surface area contributed by atoms with E-state index in [2.05, 4.69) is 29.6 Å². The molecule has 3 aliphatic rings. The lowest BCUT2D eigenvalue weighted by Crippen LogP contribution is -2.44. The van der Waals surface area contributed by atoms with Gasteiger partial charge in [-0.1, -0.05) is 60.7 Å². The van der Waals surface area contributed by atoms with Crippen molar-refractivity contribution in [3.63, 3.8) is 0 Å². The first-order chi connectivity index (χ1) is 17.0. The largest absolute Gasteiger partial charge is 0.480 e. The van der Waals surface area contributed by atoms with Crippen LogP contribution in [0.5, 0.6) is 0 Å². The standard InChI is InChI=1S/C27H28N2O6/c1-34-18-13-24(26(31)32)29(14-18)25(30)16-10-11-17(12-16)28-27(33)35-15-23-21-8-4-2-6-19(21)20-7-3-5-9-22(20)23/h2-11,16-18,23-24H,12-15H2,1H3,(H,28,33)(H,31,32). The number of carboxylic acids is 1. The molecule has 0 aromatic heterocycles. The molecule has 0 bridgehead atoms. The number of amides is 2. The van der Waals surface area contributed by atoms with Crippen molar-refractivity contribution in [2.24, 2.45) is 5.92 Å². The topological polar surface area (TPSA) is 105 Å². The lowest BCUT2D eigenvalue weighted by molar-refractivity contribution is -0.149. The molecule has 0 saturated carbocycles. The maximum Gasteiger partial charge on any atom is 0.407 e. The first-order valence-corrected chi connectivity index (χ1v) is 11.8. The fraction of sp³-hybridized carbons (Fsp3) is 0.370. The molecule has 8 heteroatoms. The maximum absolute atomic E-state index is 13.0. The number of rotatable bonds is 6. The van der Waals surface area contributed by atoms with Gasteiger partial charge in [-0.15, -0.1) is 0 Å². The van der Waals surface area contributed by atoms with Crippen molar-refractivity contribution < 1.29 is 29.0 Å². The van der Waals surface area contributed by atoms with Crippen LogP contribution in [0.1, 0.15) is 29.9 Å². The molecule has 5 rings (SSSR count). The number of nitrogens with zero attached hydrogens (tertiary/aromatic N) is 1. The molecule has 35 heavy (non-hydrogen) atoms. The Morgan fingerprint density at radius 3 is 2.29 bits per heavy atom. The molecule has 4 atom stereocenters. The quantitative estimate of drug-likeness (QED) is 0.621. The zero-order valence-electron chi connectivity index (χ0n) is 19.4. The highest BCUT2D eigenvalue weighted by Gasteiger charge is 2.42. The Labute approximate surface area is 203 Å². The van der Waals surface area contributed by atoms with E-state index >= 15 is 0 Å². The van der Waals surface area contributed by atoms with Gasteiger partial charge in [0.05, 0.1) is 18.1 Å². The lowest BCUT2D eigenvalue weighted by atomic mass is 9.98. The number of likely N-dealkylation sites (tertiary alicyclic amines) is 1. The minimum Gasteiger partial charge on any atom is -0.480 e. The van der Waals surface area contributed by atoms with Crippen molar-refractivity contribution in [2.75, 3.05) is 20.3 Å². The molecule has 1 aliphatic heterocycles. The van der Waals surface area contributed by atoms with E-state index in [0.717, 1.165) is 22.3 Å². The highest BCUT2D eigenvalue weighted by Crippen LogP contribution is 2.44. The van der Waals surface area contributed by atoms with Crippen LogP contribution in [0.4, 0.5) is 4.79 Å². The van der Waals surface area contributed by atoms with Gasteiger partial charge in [0.15, 0.2) is 0 Å². The first kappa shape index (κ1) is 23.1. The fourth-order valence-electron chi connectivity index (χ4n) is 5.44. The Kier molecular flexibility index (Phi) is 6.30. The van der Waals surface area contributed by atoms with Crippen molar-refractivity contribution in [3.05, 3.63) is 71.8 Å². The summed E-state index contributed by atoms with van der Waals surface area (Å²) in [6.07, 6.45) is 3.30. The molecular formula is C27H28N2O6. The molecule has 2 aromatic rings. The molecule has 182 valence electrons. The van der Waals surface area contributed by atoms with Crippen LogP contribution in [-0.2, 0) is 19.1 Å². The number of alkyl carbamates (subject to hydrolysis) is 1. The van der Waals surface area contributed by atoms with Crippen LogP contribution in [0.3, 0.4) is 0 Å². The summed E-state index contributed by atoms with van der Waals surface area (Å²) in [5.41, 5.74) is 4.60. The van der Waals surface area contributed by atoms with E-state index in [1.807, 2.05) is 24.3 Å². The van der Waals surface area contributed by atoms with Crippen molar-refractivity contribution in [3.8, 4) is 11.1 Å². The van der Waals surface area contributed by atoms with E-state index in [1.54, 1.807) is 12.2 Å². The molecule has 0 radical (unpaired) electrons. The number of hydrogen-bond donors (Lipinski definition) is 2. The summed E-state index contributed by atoms with van der Waals surface area (Å²) in [4.78, 5) is 38.6. The van der Waals surface area contributed by atoms with Crippen LogP contribution in [0, 0.1) is 5.92 Å². The second-order valence-corrected chi connectivity index (χ2v) is 9.24. The van der Waals surface area contributed by atoms with Gasteiger partial charge >= 0.3 is 12.1 Å². The Morgan fingerprint density at radius 1 is 1.00 bits per heavy atom. The van der Waals surface area contributed by atoms with E-state index in [9.17, 15) is 19.5 Å². The van der Waals surface area contributed by atoms with Crippen LogP contribution in [0.15, 0.2) is 60.7 Å². The molecule has 2 N–H and O–H groups in total. The average molecular weight is 477 g/mol. The summed E-state index contributed by atoms with van der Waals surface area (Å²) in [6, 6.07) is 15.0. The summed E-state index contributed by atoms with van der Waals surface area (Å²) in [5, 5.41) is 12.3. The molecule has 2 aliphatic carbocycles. The van der Waals surface area contributed by atoms with Gasteiger partial charge in [0.1, 0.15) is 12.6 Å². The number of ether oxygens (including phenoxy) is 2. The highest BCUT2D eigenvalue weighted by atomic mass is 16.5. The Balaban J connectivity index is 1.16. The third-order valence-corrected chi connectivity index (χ3v) is 7.21. The van der Waals surface area contributed by atoms with Gasteiger partial charge in [-0.3, -0.25) is 4.79 Å². The summed E-state index contributed by atoms with van der Waals surface area (Å²) in [5.74, 6) is -1.82. The normalized spacial score (nSPS) is 24.8. The predicted octanol–water partition coefficient (Wildman–Crippen LogP) is 3.17. The van der Waals surface area contributed by atoms with Crippen LogP contribution in [0.25, 0.3) is 11.1 Å². The van der Waals surface area contributed by atoms with Gasteiger partial charge in [0, 0.05) is 26.0 Å². The molecule has 4 unspecified atom stereocenters. The number of carboxylic acid groups (broad SMARTS) is 1. The van der Waals surface area contributed by atoms with Gasteiger partial charge in [0.25, 0.3) is 0 Å². The summed E-state index contributed by atoms with van der Waals surface area (Å²) in [6.45, 7) is 0.465. The van der Waals surface area contributed by atoms with Crippen LogP contribution in [0.2, 0.25) is 0 Å². The predicted molar refractivity (Wildman–Crippen MR) is 128 cm³/mol. The van der Waals surface area contributed by atoms with E-state index in [-0.39, 0.29) is 43.5 Å². The number of carbonyl (C=O) groups is 3. The Morgan fingerprint density at radius 2 is 1.66 bits per heavy atom. The maximum atomic E-state index is 13.0. The third kappa shape index (κ3) is 4.41. The Bertz CT molecular complexity index is 1130. The van der Waals surface area contributed by atoms with E-state index in [0.29, 0.717) is 6.42 Å². The minimum absolute atomic E-state index is 0.0292. The molecule has 1 fully saturated rings. The Hall–Kier alpha value is -3.65. The molecule has 1 saturated heterocycles. The fourth-order valence-corrected chi connectivity index (χ4v) is 5.44. The van der Waals surface area contributed by atoms with Crippen LogP contribution in [-0.4, -0.2) is 66.4 Å². The minimum atomic E-state index is -1.03. The average Bonchev–Trinajstić information content (AvgIpc) is 3.58. The number of fused-ring (bicyclic) bond motifs is 3. The lowest BCUT2D eigenvalue weighted by Gasteiger charge is -2.24. The van der Waals surface area contributed by atoms with Crippen molar-refractivity contribution >= 4 is 18.0 Å². The van der Waals surface area contributed by atoms with Gasteiger partial charge in [0.2, 0.25) is 5.91 Å². The van der Waals surface area contributed by atoms with Gasteiger partial charge in [-0.05, 0) is 28.7 Å². The smallest absolute Gasteiger partial charge is 0.407 e. The number of aliphatic carboxylic acids is 1. The SMILES string of the molecule is COC1CC(C(=O)O)N(C(=O)C2C=CC(NC(=O)OCC3c4ccccc4-c4ccccc43)C2)C1. The van der Waals surface area contributed by atoms with Gasteiger partial charge in [-0.25, -0.2) is 9.59 Å². The molecular weight excluding hydrogens is 448 g/mol. The molecule has 8 nitrogen and oxygen atoms in total. The second-order valence-electron chi connectivity index (χ2n) is 9.24. The summed E-state index contributed by atoms with van der Waals surface area (Å²) < 4.78 is 10.9. The van der Waals surface area contributed by atoms with Gasteiger partial charge < -0.3 is 24.8 Å². The molecule has 1 heterocycles. The van der Waals surface area contributed by atoms with Crippen molar-refractivity contribution in [1.29, 1.82) is 0 Å². The number of methoxy groups -OCH3 is 1. The molecule has 0 spiro atoms. The molecule has 2 amide bonds. The zero-order chi connectivity index (χ0) is 24.5. The number of carbonyl (C=O) groups excluding carboxylic acids is 2. The van der Waals surface area contributed by atoms with E-state index < -0.39 is 24.0 Å². The van der Waals surface area contributed by atoms with Crippen molar-refractivity contribution in [2.45, 2.75) is 36.9 Å². The van der Waals surface area contributed by atoms with Gasteiger partial charge in [-0.2, -0.15) is 0 Å². The zero-order valence-corrected chi connectivity index (χ0v) is 19.4.